The highest BCUT2D eigenvalue weighted by Gasteiger charge is 2.26. The molecule has 6 heteroatoms. The molecular weight excluding hydrogens is 314 g/mol. The molecular formula is C17H24ClN3O2. The Balaban J connectivity index is 1.85. The third-order valence-electron chi connectivity index (χ3n) is 3.70. The van der Waals surface area contributed by atoms with E-state index in [0.717, 1.165) is 5.56 Å². The molecule has 3 amide bonds. The van der Waals surface area contributed by atoms with Crippen LogP contribution in [0.3, 0.4) is 0 Å². The summed E-state index contributed by atoms with van der Waals surface area (Å²) < 4.78 is 0. The van der Waals surface area contributed by atoms with Gasteiger partial charge in [-0.3, -0.25) is 4.79 Å². The van der Waals surface area contributed by atoms with Crippen molar-refractivity contribution in [2.24, 2.45) is 0 Å². The SMILES string of the molecule is CC(C)(C)NC(=O)N1CCN(C(=O)Cc2ccccc2Cl)CC1. The molecule has 1 N–H and O–H groups in total. The predicted octanol–water partition coefficient (Wildman–Crippen LogP) is 2.53. The molecule has 1 aromatic carbocycles. The van der Waals surface area contributed by atoms with Gasteiger partial charge in [0.05, 0.1) is 6.42 Å². The number of nitrogens with one attached hydrogen (secondary N) is 1. The van der Waals surface area contributed by atoms with Crippen LogP contribution in [0.4, 0.5) is 4.79 Å². The molecule has 1 aliphatic rings. The van der Waals surface area contributed by atoms with Crippen LogP contribution in [-0.4, -0.2) is 53.5 Å². The third kappa shape index (κ3) is 5.13. The van der Waals surface area contributed by atoms with Gasteiger partial charge in [0.1, 0.15) is 0 Å². The van der Waals surface area contributed by atoms with Crippen LogP contribution in [0.2, 0.25) is 5.02 Å². The Morgan fingerprint density at radius 2 is 1.65 bits per heavy atom. The normalized spacial score (nSPS) is 15.5. The number of amides is 3. The van der Waals surface area contributed by atoms with Gasteiger partial charge in [-0.05, 0) is 32.4 Å². The molecule has 1 aromatic rings. The first-order valence-electron chi connectivity index (χ1n) is 7.84. The maximum Gasteiger partial charge on any atom is 0.317 e. The van der Waals surface area contributed by atoms with E-state index in [1.54, 1.807) is 15.9 Å². The average Bonchev–Trinajstić information content (AvgIpc) is 2.48. The number of hydrogen-bond acceptors (Lipinski definition) is 2. The molecule has 0 saturated carbocycles. The van der Waals surface area contributed by atoms with E-state index in [9.17, 15) is 9.59 Å². The zero-order chi connectivity index (χ0) is 17.0. The summed E-state index contributed by atoms with van der Waals surface area (Å²) in [5.74, 6) is 0.0500. The van der Waals surface area contributed by atoms with Gasteiger partial charge >= 0.3 is 6.03 Å². The van der Waals surface area contributed by atoms with Crippen molar-refractivity contribution < 1.29 is 9.59 Å². The Labute approximate surface area is 142 Å². The minimum absolute atomic E-state index is 0.0500. The monoisotopic (exact) mass is 337 g/mol. The predicted molar refractivity (Wildman–Crippen MR) is 91.6 cm³/mol. The summed E-state index contributed by atoms with van der Waals surface area (Å²) in [4.78, 5) is 28.0. The van der Waals surface area contributed by atoms with Crippen molar-refractivity contribution in [1.29, 1.82) is 0 Å². The number of halogens is 1. The Morgan fingerprint density at radius 1 is 1.09 bits per heavy atom. The lowest BCUT2D eigenvalue weighted by Crippen LogP contribution is -2.56. The van der Waals surface area contributed by atoms with Crippen LogP contribution in [0.1, 0.15) is 26.3 Å². The summed E-state index contributed by atoms with van der Waals surface area (Å²) in [5, 5.41) is 3.56. The second-order valence-electron chi connectivity index (χ2n) is 6.82. The van der Waals surface area contributed by atoms with Crippen LogP contribution in [0, 0.1) is 0 Å². The summed E-state index contributed by atoms with van der Waals surface area (Å²) in [5.41, 5.74) is 0.584. The van der Waals surface area contributed by atoms with Crippen LogP contribution in [0.5, 0.6) is 0 Å². The molecule has 23 heavy (non-hydrogen) atoms. The standard InChI is InChI=1S/C17H24ClN3O2/c1-17(2,3)19-16(23)21-10-8-20(9-11-21)15(22)12-13-6-4-5-7-14(13)18/h4-7H,8-12H2,1-3H3,(H,19,23). The number of piperazine rings is 1. The van der Waals surface area contributed by atoms with Gasteiger partial charge in [0.25, 0.3) is 0 Å². The number of benzene rings is 1. The van der Waals surface area contributed by atoms with Crippen molar-refractivity contribution in [3.05, 3.63) is 34.9 Å². The van der Waals surface area contributed by atoms with Gasteiger partial charge in [-0.2, -0.15) is 0 Å². The van der Waals surface area contributed by atoms with E-state index in [-0.39, 0.29) is 17.5 Å². The van der Waals surface area contributed by atoms with Crippen molar-refractivity contribution in [1.82, 2.24) is 15.1 Å². The van der Waals surface area contributed by atoms with Gasteiger partial charge in [-0.15, -0.1) is 0 Å². The Morgan fingerprint density at radius 3 is 2.22 bits per heavy atom. The molecule has 1 fully saturated rings. The van der Waals surface area contributed by atoms with Crippen LogP contribution in [-0.2, 0) is 11.2 Å². The molecule has 0 radical (unpaired) electrons. The van der Waals surface area contributed by atoms with Crippen molar-refractivity contribution in [2.75, 3.05) is 26.2 Å². The van der Waals surface area contributed by atoms with E-state index in [0.29, 0.717) is 37.6 Å². The van der Waals surface area contributed by atoms with Crippen molar-refractivity contribution >= 4 is 23.5 Å². The maximum atomic E-state index is 12.4. The van der Waals surface area contributed by atoms with Crippen molar-refractivity contribution in [3.8, 4) is 0 Å². The molecule has 1 aliphatic heterocycles. The van der Waals surface area contributed by atoms with E-state index in [2.05, 4.69) is 5.32 Å². The van der Waals surface area contributed by atoms with E-state index < -0.39 is 0 Å². The topological polar surface area (TPSA) is 52.7 Å². The van der Waals surface area contributed by atoms with Crippen LogP contribution >= 0.6 is 11.6 Å². The molecule has 0 bridgehead atoms. The molecule has 0 aliphatic carbocycles. The number of urea groups is 1. The van der Waals surface area contributed by atoms with E-state index in [1.807, 2.05) is 39.0 Å². The molecule has 126 valence electrons. The summed E-state index contributed by atoms with van der Waals surface area (Å²) in [6, 6.07) is 7.31. The highest BCUT2D eigenvalue weighted by molar-refractivity contribution is 6.31. The number of hydrogen-bond donors (Lipinski definition) is 1. The Hall–Kier alpha value is -1.75. The number of nitrogens with zero attached hydrogens (tertiary/aromatic N) is 2. The van der Waals surface area contributed by atoms with Crippen molar-refractivity contribution in [3.63, 3.8) is 0 Å². The molecule has 1 saturated heterocycles. The summed E-state index contributed by atoms with van der Waals surface area (Å²) in [6.07, 6.45) is 0.299. The minimum atomic E-state index is -0.256. The first-order valence-corrected chi connectivity index (χ1v) is 8.22. The highest BCUT2D eigenvalue weighted by atomic mass is 35.5. The quantitative estimate of drug-likeness (QED) is 0.901. The van der Waals surface area contributed by atoms with Gasteiger partial charge in [0.15, 0.2) is 0 Å². The molecule has 2 rings (SSSR count). The Kier molecular flexibility index (Phi) is 5.52. The number of carbonyl (C=O) groups excluding carboxylic acids is 2. The molecule has 5 nitrogen and oxygen atoms in total. The smallest absolute Gasteiger partial charge is 0.317 e. The van der Waals surface area contributed by atoms with E-state index >= 15 is 0 Å². The van der Waals surface area contributed by atoms with E-state index in [1.165, 1.54) is 0 Å². The summed E-state index contributed by atoms with van der Waals surface area (Å²) >= 11 is 6.10. The zero-order valence-electron chi connectivity index (χ0n) is 13.9. The fourth-order valence-electron chi connectivity index (χ4n) is 2.48. The summed E-state index contributed by atoms with van der Waals surface area (Å²) in [7, 11) is 0. The molecule has 0 spiro atoms. The van der Waals surface area contributed by atoms with Crippen LogP contribution < -0.4 is 5.32 Å². The third-order valence-corrected chi connectivity index (χ3v) is 4.07. The molecule has 1 heterocycles. The highest BCUT2D eigenvalue weighted by Crippen LogP contribution is 2.17. The fraction of sp³-hybridized carbons (Fsp3) is 0.529. The van der Waals surface area contributed by atoms with Gasteiger partial charge in [0, 0.05) is 36.7 Å². The first-order chi connectivity index (χ1) is 10.8. The molecule has 0 aromatic heterocycles. The summed E-state index contributed by atoms with van der Waals surface area (Å²) in [6.45, 7) is 8.07. The second-order valence-corrected chi connectivity index (χ2v) is 7.22. The van der Waals surface area contributed by atoms with Gasteiger partial charge in [-0.1, -0.05) is 29.8 Å². The maximum absolute atomic E-state index is 12.4. The largest absolute Gasteiger partial charge is 0.339 e. The zero-order valence-corrected chi connectivity index (χ0v) is 14.7. The van der Waals surface area contributed by atoms with Crippen molar-refractivity contribution in [2.45, 2.75) is 32.7 Å². The fourth-order valence-corrected chi connectivity index (χ4v) is 2.68. The first kappa shape index (κ1) is 17.6. The van der Waals surface area contributed by atoms with Crippen LogP contribution in [0.15, 0.2) is 24.3 Å². The molecule has 0 atom stereocenters. The van der Waals surface area contributed by atoms with Gasteiger partial charge in [0.2, 0.25) is 5.91 Å². The lowest BCUT2D eigenvalue weighted by atomic mass is 10.1. The second kappa shape index (κ2) is 7.21. The van der Waals surface area contributed by atoms with Gasteiger partial charge < -0.3 is 15.1 Å². The van der Waals surface area contributed by atoms with Crippen LogP contribution in [0.25, 0.3) is 0 Å². The lowest BCUT2D eigenvalue weighted by molar-refractivity contribution is -0.131. The number of rotatable bonds is 2. The molecule has 0 unspecified atom stereocenters. The minimum Gasteiger partial charge on any atom is -0.339 e. The number of carbonyl (C=O) groups is 2. The van der Waals surface area contributed by atoms with E-state index in [4.69, 9.17) is 11.6 Å². The average molecular weight is 338 g/mol. The Bertz CT molecular complexity index is 575. The van der Waals surface area contributed by atoms with Gasteiger partial charge in [-0.25, -0.2) is 4.79 Å². The lowest BCUT2D eigenvalue weighted by Gasteiger charge is -2.36.